The minimum Gasteiger partial charge on any atom is -0.383 e. The molecule has 1 aromatic rings. The van der Waals surface area contributed by atoms with Gasteiger partial charge in [0.2, 0.25) is 0 Å². The second-order valence-corrected chi connectivity index (χ2v) is 3.46. The van der Waals surface area contributed by atoms with Crippen molar-refractivity contribution in [3.05, 3.63) is 18.0 Å². The third-order valence-electron chi connectivity index (χ3n) is 2.06. The van der Waals surface area contributed by atoms with Crippen LogP contribution in [-0.4, -0.2) is 42.5 Å². The van der Waals surface area contributed by atoms with Crippen molar-refractivity contribution in [1.82, 2.24) is 15.1 Å². The summed E-state index contributed by atoms with van der Waals surface area (Å²) < 4.78 is 6.65. The van der Waals surface area contributed by atoms with Gasteiger partial charge < -0.3 is 15.8 Å². The zero-order chi connectivity index (χ0) is 11.8. The summed E-state index contributed by atoms with van der Waals surface area (Å²) in [7, 11) is 3.54. The van der Waals surface area contributed by atoms with E-state index in [1.165, 1.54) is 5.56 Å². The molecule has 3 N–H and O–H groups in total. The maximum Gasteiger partial charge on any atom is 0.188 e. The molecular weight excluding hydrogens is 206 g/mol. The van der Waals surface area contributed by atoms with Crippen LogP contribution < -0.4 is 11.1 Å². The Bertz CT molecular complexity index is 334. The van der Waals surface area contributed by atoms with Gasteiger partial charge >= 0.3 is 0 Å². The molecule has 0 radical (unpaired) electrons. The first-order valence-corrected chi connectivity index (χ1v) is 5.22. The largest absolute Gasteiger partial charge is 0.383 e. The van der Waals surface area contributed by atoms with Crippen molar-refractivity contribution in [2.24, 2.45) is 17.8 Å². The molecule has 0 aromatic carbocycles. The van der Waals surface area contributed by atoms with Gasteiger partial charge in [-0.05, 0) is 12.0 Å². The number of nitrogens with zero attached hydrogens (tertiary/aromatic N) is 3. The molecule has 0 aliphatic heterocycles. The van der Waals surface area contributed by atoms with Crippen LogP contribution in [0.25, 0.3) is 0 Å². The number of hydrogen-bond acceptors (Lipinski definition) is 3. The number of nitrogens with two attached hydrogens (primary N) is 1. The number of rotatable bonds is 6. The predicted octanol–water partition coefficient (Wildman–Crippen LogP) is -0.487. The number of guanidine groups is 1. The Hall–Kier alpha value is -1.56. The van der Waals surface area contributed by atoms with Crippen LogP contribution in [0.2, 0.25) is 0 Å². The molecule has 0 fully saturated rings. The average Bonchev–Trinajstić information content (AvgIpc) is 2.65. The third kappa shape index (κ3) is 4.79. The molecule has 90 valence electrons. The summed E-state index contributed by atoms with van der Waals surface area (Å²) >= 11 is 0. The van der Waals surface area contributed by atoms with Crippen molar-refractivity contribution in [1.29, 1.82) is 0 Å². The van der Waals surface area contributed by atoms with E-state index >= 15 is 0 Å². The van der Waals surface area contributed by atoms with Crippen molar-refractivity contribution >= 4 is 5.96 Å². The number of methoxy groups -OCH3 is 1. The molecule has 1 heterocycles. The predicted molar refractivity (Wildman–Crippen MR) is 63.3 cm³/mol. The summed E-state index contributed by atoms with van der Waals surface area (Å²) in [5.74, 6) is 0.459. The summed E-state index contributed by atoms with van der Waals surface area (Å²) in [5.41, 5.74) is 6.83. The molecule has 0 saturated heterocycles. The van der Waals surface area contributed by atoms with Gasteiger partial charge in [-0.3, -0.25) is 9.67 Å². The highest BCUT2D eigenvalue weighted by atomic mass is 16.5. The highest BCUT2D eigenvalue weighted by molar-refractivity contribution is 5.77. The smallest absolute Gasteiger partial charge is 0.188 e. The van der Waals surface area contributed by atoms with Gasteiger partial charge in [0.25, 0.3) is 0 Å². The van der Waals surface area contributed by atoms with E-state index in [4.69, 9.17) is 10.5 Å². The van der Waals surface area contributed by atoms with Crippen molar-refractivity contribution in [3.8, 4) is 0 Å². The minimum absolute atomic E-state index is 0.459. The average molecular weight is 225 g/mol. The van der Waals surface area contributed by atoms with Crippen LogP contribution in [0.5, 0.6) is 0 Å². The standard InChI is InChI=1S/C10H19N5O/c1-15-8-9(7-14-15)3-4-12-10(11)13-5-6-16-2/h7-8H,3-6H2,1-2H3,(H3,11,12,13). The molecule has 0 aliphatic carbocycles. The van der Waals surface area contributed by atoms with Gasteiger partial charge in [0, 0.05) is 26.9 Å². The molecule has 6 heteroatoms. The van der Waals surface area contributed by atoms with Crippen molar-refractivity contribution in [3.63, 3.8) is 0 Å². The molecule has 0 atom stereocenters. The van der Waals surface area contributed by atoms with Gasteiger partial charge in [-0.1, -0.05) is 0 Å². The van der Waals surface area contributed by atoms with E-state index < -0.39 is 0 Å². The van der Waals surface area contributed by atoms with Crippen molar-refractivity contribution in [2.45, 2.75) is 6.42 Å². The van der Waals surface area contributed by atoms with E-state index in [-0.39, 0.29) is 0 Å². The fourth-order valence-electron chi connectivity index (χ4n) is 1.25. The van der Waals surface area contributed by atoms with E-state index in [1.807, 2.05) is 19.4 Å². The quantitative estimate of drug-likeness (QED) is 0.389. The third-order valence-corrected chi connectivity index (χ3v) is 2.06. The number of aliphatic imine (C=N–C) groups is 1. The summed E-state index contributed by atoms with van der Waals surface area (Å²) in [4.78, 5) is 4.09. The molecule has 0 saturated carbocycles. The lowest BCUT2D eigenvalue weighted by molar-refractivity contribution is 0.208. The number of nitrogens with one attached hydrogen (secondary N) is 1. The minimum atomic E-state index is 0.459. The summed E-state index contributed by atoms with van der Waals surface area (Å²) in [6, 6.07) is 0. The lowest BCUT2D eigenvalue weighted by Crippen LogP contribution is -2.33. The van der Waals surface area contributed by atoms with Gasteiger partial charge in [-0.15, -0.1) is 0 Å². The number of ether oxygens (including phenoxy) is 1. The summed E-state index contributed by atoms with van der Waals surface area (Å²) in [6.07, 6.45) is 4.72. The maximum absolute atomic E-state index is 5.65. The first-order valence-electron chi connectivity index (χ1n) is 5.22. The molecule has 0 aliphatic rings. The molecule has 1 aromatic heterocycles. The highest BCUT2D eigenvalue weighted by Crippen LogP contribution is 1.95. The highest BCUT2D eigenvalue weighted by Gasteiger charge is 1.96. The monoisotopic (exact) mass is 225 g/mol. The van der Waals surface area contributed by atoms with E-state index in [0.29, 0.717) is 19.1 Å². The summed E-state index contributed by atoms with van der Waals surface area (Å²) in [5, 5.41) is 7.12. The second-order valence-electron chi connectivity index (χ2n) is 3.46. The van der Waals surface area contributed by atoms with Gasteiger partial charge in [-0.25, -0.2) is 0 Å². The fourth-order valence-corrected chi connectivity index (χ4v) is 1.25. The van der Waals surface area contributed by atoms with E-state index in [2.05, 4.69) is 15.4 Å². The molecule has 0 spiro atoms. The topological polar surface area (TPSA) is 77.5 Å². The molecule has 0 amide bonds. The fraction of sp³-hybridized carbons (Fsp3) is 0.600. The molecule has 0 unspecified atom stereocenters. The second kappa shape index (κ2) is 6.84. The van der Waals surface area contributed by atoms with Crippen LogP contribution in [0.3, 0.4) is 0 Å². The van der Waals surface area contributed by atoms with Gasteiger partial charge in [0.05, 0.1) is 19.3 Å². The Morgan fingerprint density at radius 3 is 3.12 bits per heavy atom. The van der Waals surface area contributed by atoms with Crippen LogP contribution in [0.15, 0.2) is 17.4 Å². The van der Waals surface area contributed by atoms with Gasteiger partial charge in [-0.2, -0.15) is 5.10 Å². The lowest BCUT2D eigenvalue weighted by Gasteiger charge is -2.04. The SMILES string of the molecule is COCCN=C(N)NCCc1cnn(C)c1. The number of aromatic nitrogens is 2. The van der Waals surface area contributed by atoms with Crippen LogP contribution >= 0.6 is 0 Å². The molecule has 0 bridgehead atoms. The maximum atomic E-state index is 5.65. The first kappa shape index (κ1) is 12.5. The summed E-state index contributed by atoms with van der Waals surface area (Å²) in [6.45, 7) is 1.93. The van der Waals surface area contributed by atoms with Crippen LogP contribution in [0.1, 0.15) is 5.56 Å². The molecule has 16 heavy (non-hydrogen) atoms. The Morgan fingerprint density at radius 1 is 1.69 bits per heavy atom. The first-order chi connectivity index (χ1) is 7.72. The van der Waals surface area contributed by atoms with Crippen LogP contribution in [0, 0.1) is 0 Å². The van der Waals surface area contributed by atoms with E-state index in [1.54, 1.807) is 11.8 Å². The number of aryl methyl sites for hydroxylation is 1. The van der Waals surface area contributed by atoms with Crippen molar-refractivity contribution < 1.29 is 4.74 Å². The number of hydrogen-bond donors (Lipinski definition) is 2. The lowest BCUT2D eigenvalue weighted by atomic mass is 10.2. The zero-order valence-corrected chi connectivity index (χ0v) is 9.81. The Balaban J connectivity index is 2.17. The van der Waals surface area contributed by atoms with Gasteiger partial charge in [0.1, 0.15) is 0 Å². The van der Waals surface area contributed by atoms with Gasteiger partial charge in [0.15, 0.2) is 5.96 Å². The molecule has 1 rings (SSSR count). The van der Waals surface area contributed by atoms with E-state index in [0.717, 1.165) is 13.0 Å². The molecular formula is C10H19N5O. The Kier molecular flexibility index (Phi) is 5.35. The van der Waals surface area contributed by atoms with Crippen LogP contribution in [-0.2, 0) is 18.2 Å². The van der Waals surface area contributed by atoms with Crippen LogP contribution in [0.4, 0.5) is 0 Å². The van der Waals surface area contributed by atoms with E-state index in [9.17, 15) is 0 Å². The normalized spacial score (nSPS) is 11.8. The zero-order valence-electron chi connectivity index (χ0n) is 9.81. The Morgan fingerprint density at radius 2 is 2.50 bits per heavy atom. The molecule has 6 nitrogen and oxygen atoms in total. The Labute approximate surface area is 95.5 Å². The van der Waals surface area contributed by atoms with Crippen molar-refractivity contribution in [2.75, 3.05) is 26.8 Å².